The Morgan fingerprint density at radius 2 is 1.79 bits per heavy atom. The highest BCUT2D eigenvalue weighted by Crippen LogP contribution is 2.29. The maximum absolute atomic E-state index is 12.5. The number of nitrogens with one attached hydrogen (secondary N) is 2. The van der Waals surface area contributed by atoms with Crippen molar-refractivity contribution in [3.8, 4) is 11.7 Å². The lowest BCUT2D eigenvalue weighted by Crippen LogP contribution is -2.19. The number of carbonyl (C=O) groups is 1. The summed E-state index contributed by atoms with van der Waals surface area (Å²) in [5, 5.41) is 11.9. The molecule has 0 saturated carbocycles. The van der Waals surface area contributed by atoms with Gasteiger partial charge in [-0.25, -0.2) is 4.79 Å². The molecule has 0 unspecified atom stereocenters. The van der Waals surface area contributed by atoms with E-state index < -0.39 is 17.8 Å². The van der Waals surface area contributed by atoms with Crippen LogP contribution < -0.4 is 10.6 Å². The van der Waals surface area contributed by atoms with Gasteiger partial charge < -0.3 is 14.2 Å². The molecule has 3 rings (SSSR count). The lowest BCUT2D eigenvalue weighted by molar-refractivity contribution is -0.137. The van der Waals surface area contributed by atoms with Crippen LogP contribution in [0.5, 0.6) is 0 Å². The van der Waals surface area contributed by atoms with Gasteiger partial charge in [0.1, 0.15) is 0 Å². The maximum atomic E-state index is 12.5. The van der Waals surface area contributed by atoms with Gasteiger partial charge in [0.2, 0.25) is 0 Å². The summed E-state index contributed by atoms with van der Waals surface area (Å²) in [6.45, 7) is 0. The quantitative estimate of drug-likeness (QED) is 0.753. The van der Waals surface area contributed by atoms with Crippen molar-refractivity contribution in [2.75, 3.05) is 10.6 Å². The van der Waals surface area contributed by atoms with Crippen LogP contribution in [0.15, 0.2) is 51.5 Å². The normalized spacial score (nSPS) is 11.3. The van der Waals surface area contributed by atoms with Crippen LogP contribution in [0.4, 0.5) is 29.7 Å². The second-order valence-electron chi connectivity index (χ2n) is 4.54. The molecule has 2 N–H and O–H groups in total. The number of nitrogens with zero attached hydrogens (tertiary/aromatic N) is 2. The predicted octanol–water partition coefficient (Wildman–Crippen LogP) is 3.99. The van der Waals surface area contributed by atoms with Crippen LogP contribution in [-0.4, -0.2) is 16.2 Å². The van der Waals surface area contributed by atoms with Gasteiger partial charge in [-0.2, -0.15) is 13.2 Å². The molecule has 2 aromatic heterocycles. The average Bonchev–Trinajstić information content (AvgIpc) is 3.17. The van der Waals surface area contributed by atoms with E-state index in [-0.39, 0.29) is 17.6 Å². The number of anilines is 2. The molecule has 0 fully saturated rings. The van der Waals surface area contributed by atoms with E-state index in [1.807, 2.05) is 0 Å². The number of carbonyl (C=O) groups excluding carboxylic acids is 1. The van der Waals surface area contributed by atoms with Crippen LogP contribution in [0.3, 0.4) is 0 Å². The number of alkyl halides is 3. The Labute approximate surface area is 132 Å². The van der Waals surface area contributed by atoms with Gasteiger partial charge in [0.05, 0.1) is 11.8 Å². The first-order chi connectivity index (χ1) is 11.4. The Balaban J connectivity index is 1.62. The fourth-order valence-electron chi connectivity index (χ4n) is 1.78. The molecule has 2 amide bonds. The molecule has 1 aromatic carbocycles. The molecule has 10 heteroatoms. The smallest absolute Gasteiger partial charge is 0.416 e. The number of benzene rings is 1. The molecule has 124 valence electrons. The van der Waals surface area contributed by atoms with Gasteiger partial charge in [0.15, 0.2) is 5.76 Å². The fraction of sp³-hybridized carbons (Fsp3) is 0.0714. The number of amides is 2. The standard InChI is InChI=1S/C14H9F3N4O3/c15-14(16,17)8-3-5-9(6-4-8)18-12(22)19-13-21-20-11(24-13)10-2-1-7-23-10/h1-7H,(H2,18,19,21,22). The lowest BCUT2D eigenvalue weighted by Gasteiger charge is -2.08. The van der Waals surface area contributed by atoms with E-state index in [0.717, 1.165) is 24.3 Å². The van der Waals surface area contributed by atoms with Crippen molar-refractivity contribution in [2.45, 2.75) is 6.18 Å². The number of furan rings is 1. The van der Waals surface area contributed by atoms with Crippen molar-refractivity contribution in [3.05, 3.63) is 48.2 Å². The highest BCUT2D eigenvalue weighted by Gasteiger charge is 2.30. The van der Waals surface area contributed by atoms with Gasteiger partial charge in [-0.3, -0.25) is 5.32 Å². The molecule has 0 saturated heterocycles. The van der Waals surface area contributed by atoms with E-state index >= 15 is 0 Å². The van der Waals surface area contributed by atoms with Crippen molar-refractivity contribution in [2.24, 2.45) is 0 Å². The molecule has 7 nitrogen and oxygen atoms in total. The molecule has 0 aliphatic carbocycles. The predicted molar refractivity (Wildman–Crippen MR) is 76.1 cm³/mol. The molecule has 0 radical (unpaired) electrons. The van der Waals surface area contributed by atoms with Gasteiger partial charge in [-0.15, -0.1) is 5.10 Å². The Kier molecular flexibility index (Phi) is 3.94. The zero-order valence-electron chi connectivity index (χ0n) is 11.8. The van der Waals surface area contributed by atoms with E-state index in [2.05, 4.69) is 20.8 Å². The topological polar surface area (TPSA) is 93.2 Å². The van der Waals surface area contributed by atoms with Crippen LogP contribution in [0.25, 0.3) is 11.7 Å². The van der Waals surface area contributed by atoms with Crippen LogP contribution in [0.2, 0.25) is 0 Å². The van der Waals surface area contributed by atoms with Gasteiger partial charge in [-0.1, -0.05) is 5.10 Å². The maximum Gasteiger partial charge on any atom is 0.416 e. The molecular formula is C14H9F3N4O3. The van der Waals surface area contributed by atoms with Crippen molar-refractivity contribution < 1.29 is 26.8 Å². The average molecular weight is 338 g/mol. The largest absolute Gasteiger partial charge is 0.459 e. The van der Waals surface area contributed by atoms with E-state index in [4.69, 9.17) is 8.83 Å². The van der Waals surface area contributed by atoms with Gasteiger partial charge in [0.25, 0.3) is 5.89 Å². The summed E-state index contributed by atoms with van der Waals surface area (Å²) in [6, 6.07) is 6.27. The minimum absolute atomic E-state index is 0.0739. The van der Waals surface area contributed by atoms with Crippen molar-refractivity contribution in [1.29, 1.82) is 0 Å². The first kappa shape index (κ1) is 15.6. The summed E-state index contributed by atoms with van der Waals surface area (Å²) in [6.07, 6.45) is -3.02. The first-order valence-corrected chi connectivity index (χ1v) is 6.54. The number of hydrogen-bond acceptors (Lipinski definition) is 5. The van der Waals surface area contributed by atoms with E-state index in [1.54, 1.807) is 12.1 Å². The summed E-state index contributed by atoms with van der Waals surface area (Å²) in [4.78, 5) is 11.8. The minimum Gasteiger partial charge on any atom is -0.459 e. The number of hydrogen-bond donors (Lipinski definition) is 2. The second-order valence-corrected chi connectivity index (χ2v) is 4.54. The summed E-state index contributed by atoms with van der Waals surface area (Å²) >= 11 is 0. The SMILES string of the molecule is O=C(Nc1ccc(C(F)(F)F)cc1)Nc1nnc(-c2ccco2)o1. The number of aromatic nitrogens is 2. The van der Waals surface area contributed by atoms with Crippen LogP contribution in [0, 0.1) is 0 Å². The highest BCUT2D eigenvalue weighted by molar-refractivity contribution is 5.98. The second kappa shape index (κ2) is 6.07. The third-order valence-corrected chi connectivity index (χ3v) is 2.85. The summed E-state index contributed by atoms with van der Waals surface area (Å²) in [5.74, 6) is 0.406. The Bertz CT molecular complexity index is 826. The van der Waals surface area contributed by atoms with E-state index in [1.165, 1.54) is 6.26 Å². The Morgan fingerprint density at radius 1 is 1.04 bits per heavy atom. The van der Waals surface area contributed by atoms with Crippen molar-refractivity contribution in [1.82, 2.24) is 10.2 Å². The summed E-state index contributed by atoms with van der Waals surface area (Å²) in [5.41, 5.74) is -0.639. The van der Waals surface area contributed by atoms with Crippen molar-refractivity contribution >= 4 is 17.7 Å². The van der Waals surface area contributed by atoms with E-state index in [9.17, 15) is 18.0 Å². The van der Waals surface area contributed by atoms with E-state index in [0.29, 0.717) is 5.76 Å². The Morgan fingerprint density at radius 3 is 2.42 bits per heavy atom. The minimum atomic E-state index is -4.44. The molecule has 3 aromatic rings. The molecule has 0 atom stereocenters. The van der Waals surface area contributed by atoms with Crippen LogP contribution in [0.1, 0.15) is 5.56 Å². The van der Waals surface area contributed by atoms with Gasteiger partial charge in [0, 0.05) is 5.69 Å². The highest BCUT2D eigenvalue weighted by atomic mass is 19.4. The third-order valence-electron chi connectivity index (χ3n) is 2.85. The van der Waals surface area contributed by atoms with Crippen molar-refractivity contribution in [3.63, 3.8) is 0 Å². The van der Waals surface area contributed by atoms with Gasteiger partial charge in [-0.05, 0) is 36.4 Å². The first-order valence-electron chi connectivity index (χ1n) is 6.54. The summed E-state index contributed by atoms with van der Waals surface area (Å²) < 4.78 is 47.6. The molecule has 0 aliphatic heterocycles. The molecule has 0 spiro atoms. The van der Waals surface area contributed by atoms with Gasteiger partial charge >= 0.3 is 18.2 Å². The zero-order valence-corrected chi connectivity index (χ0v) is 11.8. The molecule has 0 aliphatic rings. The number of rotatable bonds is 3. The zero-order chi connectivity index (χ0) is 17.2. The summed E-state index contributed by atoms with van der Waals surface area (Å²) in [7, 11) is 0. The molecule has 24 heavy (non-hydrogen) atoms. The third kappa shape index (κ3) is 3.54. The molecular weight excluding hydrogens is 329 g/mol. The Hall–Kier alpha value is -3.30. The fourth-order valence-corrected chi connectivity index (χ4v) is 1.78. The number of halogens is 3. The number of urea groups is 1. The lowest BCUT2D eigenvalue weighted by atomic mass is 10.2. The van der Waals surface area contributed by atoms with Crippen LogP contribution in [-0.2, 0) is 6.18 Å². The monoisotopic (exact) mass is 338 g/mol. The molecule has 0 bridgehead atoms. The van der Waals surface area contributed by atoms with Crippen LogP contribution >= 0.6 is 0 Å². The molecule has 2 heterocycles.